The molecule has 2 unspecified atom stereocenters. The minimum Gasteiger partial charge on any atom is -0.481 e. The molecule has 0 aromatic rings. The summed E-state index contributed by atoms with van der Waals surface area (Å²) < 4.78 is 0. The fourth-order valence-corrected chi connectivity index (χ4v) is 3.46. The zero-order valence-electron chi connectivity index (χ0n) is 11.3. The molecule has 2 atom stereocenters. The molecule has 0 spiro atoms. The van der Waals surface area contributed by atoms with Crippen LogP contribution in [0.2, 0.25) is 0 Å². The van der Waals surface area contributed by atoms with Crippen molar-refractivity contribution < 1.29 is 14.7 Å². The first-order valence-corrected chi connectivity index (χ1v) is 7.21. The van der Waals surface area contributed by atoms with E-state index in [1.165, 1.54) is 0 Å². The Balaban J connectivity index is 2.40. The van der Waals surface area contributed by atoms with Crippen molar-refractivity contribution in [1.82, 2.24) is 9.80 Å². The lowest BCUT2D eigenvalue weighted by Gasteiger charge is -2.36. The van der Waals surface area contributed by atoms with E-state index in [1.54, 1.807) is 11.9 Å². The van der Waals surface area contributed by atoms with Gasteiger partial charge in [0.2, 0.25) is 0 Å². The molecule has 1 heterocycles. The lowest BCUT2D eigenvalue weighted by atomic mass is 10.3. The Hall–Kier alpha value is -0.910. The number of carbonyl (C=O) groups excluding carboxylic acids is 1. The molecule has 1 rings (SSSR count). The van der Waals surface area contributed by atoms with Gasteiger partial charge in [0.25, 0.3) is 0 Å². The first kappa shape index (κ1) is 15.1. The highest BCUT2D eigenvalue weighted by Crippen LogP contribution is 2.25. The van der Waals surface area contributed by atoms with Gasteiger partial charge in [0.1, 0.15) is 0 Å². The highest BCUT2D eigenvalue weighted by Gasteiger charge is 2.27. The van der Waals surface area contributed by atoms with Crippen molar-refractivity contribution in [3.63, 3.8) is 0 Å². The zero-order chi connectivity index (χ0) is 13.7. The van der Waals surface area contributed by atoms with Crippen LogP contribution in [0.25, 0.3) is 0 Å². The largest absolute Gasteiger partial charge is 0.481 e. The van der Waals surface area contributed by atoms with Gasteiger partial charge in [-0.1, -0.05) is 13.8 Å². The van der Waals surface area contributed by atoms with Gasteiger partial charge in [-0.2, -0.15) is 11.8 Å². The van der Waals surface area contributed by atoms with Crippen LogP contribution in [-0.2, 0) is 4.79 Å². The molecule has 1 fully saturated rings. The maximum absolute atomic E-state index is 12.2. The van der Waals surface area contributed by atoms with Gasteiger partial charge in [-0.05, 0) is 6.42 Å². The third kappa shape index (κ3) is 4.76. The highest BCUT2D eigenvalue weighted by molar-refractivity contribution is 8.00. The van der Waals surface area contributed by atoms with E-state index in [-0.39, 0.29) is 12.5 Å². The standard InChI is InChI=1S/C12H22N2O3S/c1-9-7-14(8-10(2)18-9)12(17)13(3)6-4-5-11(15)16/h9-10H,4-8H2,1-3H3,(H,15,16). The molecule has 5 nitrogen and oxygen atoms in total. The summed E-state index contributed by atoms with van der Waals surface area (Å²) >= 11 is 1.91. The molecule has 0 aromatic heterocycles. The lowest BCUT2D eigenvalue weighted by Crippen LogP contribution is -2.49. The molecule has 1 saturated heterocycles. The van der Waals surface area contributed by atoms with Crippen LogP contribution in [0.1, 0.15) is 26.7 Å². The van der Waals surface area contributed by atoms with Crippen molar-refractivity contribution in [3.05, 3.63) is 0 Å². The van der Waals surface area contributed by atoms with Crippen molar-refractivity contribution >= 4 is 23.8 Å². The minimum atomic E-state index is -0.813. The third-order valence-electron chi connectivity index (χ3n) is 2.90. The number of aliphatic carboxylic acids is 1. The second kappa shape index (κ2) is 6.87. The van der Waals surface area contributed by atoms with Crippen molar-refractivity contribution in [2.24, 2.45) is 0 Å². The predicted molar refractivity (Wildman–Crippen MR) is 73.0 cm³/mol. The fourth-order valence-electron chi connectivity index (χ4n) is 2.14. The summed E-state index contributed by atoms with van der Waals surface area (Å²) in [5.74, 6) is -0.813. The minimum absolute atomic E-state index is 0.0133. The second-order valence-corrected chi connectivity index (χ2v) is 6.75. The van der Waals surface area contributed by atoms with E-state index in [0.717, 1.165) is 13.1 Å². The summed E-state index contributed by atoms with van der Waals surface area (Å²) in [6, 6.07) is 0.0133. The average Bonchev–Trinajstić information content (AvgIpc) is 2.26. The summed E-state index contributed by atoms with van der Waals surface area (Å²) in [5.41, 5.74) is 0. The maximum Gasteiger partial charge on any atom is 0.319 e. The van der Waals surface area contributed by atoms with Crippen LogP contribution >= 0.6 is 11.8 Å². The molecule has 18 heavy (non-hydrogen) atoms. The number of rotatable bonds is 4. The van der Waals surface area contributed by atoms with Crippen LogP contribution in [0.5, 0.6) is 0 Å². The lowest BCUT2D eigenvalue weighted by molar-refractivity contribution is -0.137. The van der Waals surface area contributed by atoms with Gasteiger partial charge >= 0.3 is 12.0 Å². The highest BCUT2D eigenvalue weighted by atomic mass is 32.2. The monoisotopic (exact) mass is 274 g/mol. The first-order chi connectivity index (χ1) is 8.40. The van der Waals surface area contributed by atoms with E-state index >= 15 is 0 Å². The number of carboxylic acids is 1. The molecule has 6 heteroatoms. The van der Waals surface area contributed by atoms with Gasteiger partial charge < -0.3 is 14.9 Å². The van der Waals surface area contributed by atoms with Gasteiger partial charge in [0, 0.05) is 43.6 Å². The maximum atomic E-state index is 12.2. The number of carbonyl (C=O) groups is 2. The molecular weight excluding hydrogens is 252 g/mol. The number of hydrogen-bond acceptors (Lipinski definition) is 3. The van der Waals surface area contributed by atoms with Gasteiger partial charge in [0.05, 0.1) is 0 Å². The van der Waals surface area contributed by atoms with Crippen LogP contribution in [0, 0.1) is 0 Å². The number of carboxylic acid groups (broad SMARTS) is 1. The summed E-state index contributed by atoms with van der Waals surface area (Å²) in [7, 11) is 1.74. The van der Waals surface area contributed by atoms with Gasteiger partial charge in [-0.15, -0.1) is 0 Å². The van der Waals surface area contributed by atoms with Crippen LogP contribution in [0.3, 0.4) is 0 Å². The van der Waals surface area contributed by atoms with Gasteiger partial charge in [-0.25, -0.2) is 4.79 Å². The van der Waals surface area contributed by atoms with E-state index in [4.69, 9.17) is 5.11 Å². The Morgan fingerprint density at radius 2 is 1.89 bits per heavy atom. The number of amides is 2. The summed E-state index contributed by atoms with van der Waals surface area (Å²) in [6.07, 6.45) is 0.617. The number of hydrogen-bond donors (Lipinski definition) is 1. The van der Waals surface area contributed by atoms with Crippen molar-refractivity contribution in [2.45, 2.75) is 37.2 Å². The molecule has 2 amide bonds. The van der Waals surface area contributed by atoms with Crippen molar-refractivity contribution in [3.8, 4) is 0 Å². The SMILES string of the molecule is CC1CN(C(=O)N(C)CCCC(=O)O)CC(C)S1. The Morgan fingerprint density at radius 1 is 1.33 bits per heavy atom. The molecule has 1 aliphatic heterocycles. The summed E-state index contributed by atoms with van der Waals surface area (Å²) in [6.45, 7) is 6.31. The molecule has 1 N–H and O–H groups in total. The number of thioether (sulfide) groups is 1. The van der Waals surface area contributed by atoms with E-state index in [2.05, 4.69) is 13.8 Å². The summed E-state index contributed by atoms with van der Waals surface area (Å²) in [4.78, 5) is 26.1. The number of nitrogens with zero attached hydrogens (tertiary/aromatic N) is 2. The molecule has 0 aromatic carbocycles. The fraction of sp³-hybridized carbons (Fsp3) is 0.833. The first-order valence-electron chi connectivity index (χ1n) is 6.27. The Labute approximate surface area is 113 Å². The van der Waals surface area contributed by atoms with E-state index in [0.29, 0.717) is 23.5 Å². The number of urea groups is 1. The van der Waals surface area contributed by atoms with Gasteiger partial charge in [0.15, 0.2) is 0 Å². The van der Waals surface area contributed by atoms with Crippen molar-refractivity contribution in [1.29, 1.82) is 0 Å². The average molecular weight is 274 g/mol. The predicted octanol–water partition coefficient (Wildman–Crippen LogP) is 1.73. The quantitative estimate of drug-likeness (QED) is 0.848. The third-order valence-corrected chi connectivity index (χ3v) is 4.13. The Morgan fingerprint density at radius 3 is 2.39 bits per heavy atom. The summed E-state index contributed by atoms with van der Waals surface area (Å²) in [5, 5.41) is 9.49. The Kier molecular flexibility index (Phi) is 5.78. The van der Waals surface area contributed by atoms with Crippen LogP contribution in [-0.4, -0.2) is 64.1 Å². The molecule has 0 saturated carbocycles. The molecule has 0 radical (unpaired) electrons. The normalized spacial score (nSPS) is 23.8. The van der Waals surface area contributed by atoms with E-state index in [1.807, 2.05) is 16.7 Å². The van der Waals surface area contributed by atoms with Crippen molar-refractivity contribution in [2.75, 3.05) is 26.7 Å². The van der Waals surface area contributed by atoms with E-state index < -0.39 is 5.97 Å². The van der Waals surface area contributed by atoms with Gasteiger partial charge in [-0.3, -0.25) is 4.79 Å². The second-order valence-electron chi connectivity index (χ2n) is 4.86. The molecule has 104 valence electrons. The van der Waals surface area contributed by atoms with E-state index in [9.17, 15) is 9.59 Å². The zero-order valence-corrected chi connectivity index (χ0v) is 12.1. The van der Waals surface area contributed by atoms with Crippen LogP contribution < -0.4 is 0 Å². The topological polar surface area (TPSA) is 60.9 Å². The van der Waals surface area contributed by atoms with Crippen LogP contribution in [0.4, 0.5) is 4.79 Å². The molecular formula is C12H22N2O3S. The molecule has 1 aliphatic rings. The molecule has 0 aliphatic carbocycles. The Bertz CT molecular complexity index is 302. The smallest absolute Gasteiger partial charge is 0.319 e. The van der Waals surface area contributed by atoms with Crippen LogP contribution in [0.15, 0.2) is 0 Å². The molecule has 0 bridgehead atoms.